The van der Waals surface area contributed by atoms with Crippen LogP contribution in [0.2, 0.25) is 5.02 Å². The summed E-state index contributed by atoms with van der Waals surface area (Å²) in [5.74, 6) is 1.04. The molecule has 0 aliphatic carbocycles. The molecule has 0 unspecified atom stereocenters. The molecule has 0 radical (unpaired) electrons. The third-order valence-corrected chi connectivity index (χ3v) is 2.38. The summed E-state index contributed by atoms with van der Waals surface area (Å²) in [6.45, 7) is 0. The van der Waals surface area contributed by atoms with Gasteiger partial charge in [0, 0.05) is 10.7 Å². The zero-order valence-corrected chi connectivity index (χ0v) is 9.61. The molecule has 0 aromatic heterocycles. The Morgan fingerprint density at radius 3 is 2.71 bits per heavy atom. The average Bonchev–Trinajstić information content (AvgIpc) is 2.31. The van der Waals surface area contributed by atoms with Gasteiger partial charge in [0.2, 0.25) is 0 Å². The molecule has 17 heavy (non-hydrogen) atoms. The first-order valence-electron chi connectivity index (χ1n) is 4.92. The van der Waals surface area contributed by atoms with Crippen molar-refractivity contribution in [2.24, 2.45) is 0 Å². The van der Waals surface area contributed by atoms with E-state index >= 15 is 0 Å². The Morgan fingerprint density at radius 1 is 1.18 bits per heavy atom. The van der Waals surface area contributed by atoms with Gasteiger partial charge in [0.25, 0.3) is 0 Å². The van der Waals surface area contributed by atoms with Crippen LogP contribution in [-0.2, 0) is 0 Å². The molecule has 4 heteroatoms. The minimum absolute atomic E-state index is 0.393. The maximum absolute atomic E-state index is 8.96. The van der Waals surface area contributed by atoms with Crippen molar-refractivity contribution in [3.05, 3.63) is 53.1 Å². The Hall–Kier alpha value is -2.18. The summed E-state index contributed by atoms with van der Waals surface area (Å²) in [6, 6.07) is 13.9. The van der Waals surface area contributed by atoms with E-state index in [2.05, 4.69) is 0 Å². The number of nitriles is 1. The van der Waals surface area contributed by atoms with E-state index < -0.39 is 0 Å². The van der Waals surface area contributed by atoms with Crippen LogP contribution in [0.4, 0.5) is 5.69 Å². The molecule has 0 bridgehead atoms. The van der Waals surface area contributed by atoms with Crippen molar-refractivity contribution >= 4 is 17.3 Å². The van der Waals surface area contributed by atoms with Crippen molar-refractivity contribution < 1.29 is 4.74 Å². The highest BCUT2D eigenvalue weighted by Gasteiger charge is 2.05. The molecule has 0 amide bonds. The molecule has 84 valence electrons. The maximum atomic E-state index is 8.96. The molecule has 2 aromatic carbocycles. The lowest BCUT2D eigenvalue weighted by atomic mass is 10.2. The standard InChI is InChI=1S/C13H9ClN2O/c14-10-2-1-3-12(7-10)17-13-5-4-11(16)6-9(13)8-15/h1-7H,16H2. The number of halogens is 1. The van der Waals surface area contributed by atoms with Crippen LogP contribution < -0.4 is 10.5 Å². The zero-order chi connectivity index (χ0) is 12.3. The van der Waals surface area contributed by atoms with E-state index in [9.17, 15) is 0 Å². The van der Waals surface area contributed by atoms with Gasteiger partial charge in [0.1, 0.15) is 17.6 Å². The number of nitrogens with two attached hydrogens (primary N) is 1. The third-order valence-electron chi connectivity index (χ3n) is 2.15. The summed E-state index contributed by atoms with van der Waals surface area (Å²) in [5, 5.41) is 9.54. The maximum Gasteiger partial charge on any atom is 0.145 e. The molecule has 0 heterocycles. The Labute approximate surface area is 104 Å². The van der Waals surface area contributed by atoms with Gasteiger partial charge in [-0.15, -0.1) is 0 Å². The number of hydrogen-bond acceptors (Lipinski definition) is 3. The number of nitrogens with zero attached hydrogens (tertiary/aromatic N) is 1. The third kappa shape index (κ3) is 2.68. The molecule has 0 atom stereocenters. The normalized spacial score (nSPS) is 9.65. The van der Waals surface area contributed by atoms with Crippen LogP contribution in [0, 0.1) is 11.3 Å². The fourth-order valence-electron chi connectivity index (χ4n) is 1.38. The van der Waals surface area contributed by atoms with Crippen LogP contribution in [0.1, 0.15) is 5.56 Å². The van der Waals surface area contributed by atoms with Crippen molar-refractivity contribution in [3.8, 4) is 17.6 Å². The lowest BCUT2D eigenvalue weighted by molar-refractivity contribution is 0.481. The molecule has 2 rings (SSSR count). The van der Waals surface area contributed by atoms with E-state index in [-0.39, 0.29) is 0 Å². The van der Waals surface area contributed by atoms with Crippen LogP contribution in [-0.4, -0.2) is 0 Å². The second-order valence-electron chi connectivity index (χ2n) is 3.43. The van der Waals surface area contributed by atoms with Crippen molar-refractivity contribution in [1.29, 1.82) is 5.26 Å². The molecular formula is C13H9ClN2O. The second kappa shape index (κ2) is 4.77. The highest BCUT2D eigenvalue weighted by Crippen LogP contribution is 2.27. The number of ether oxygens (including phenoxy) is 1. The Morgan fingerprint density at radius 2 is 2.00 bits per heavy atom. The lowest BCUT2D eigenvalue weighted by Crippen LogP contribution is -1.91. The number of nitrogen functional groups attached to an aromatic ring is 1. The van der Waals surface area contributed by atoms with Crippen LogP contribution in [0.15, 0.2) is 42.5 Å². The fraction of sp³-hybridized carbons (Fsp3) is 0. The predicted molar refractivity (Wildman–Crippen MR) is 67.1 cm³/mol. The highest BCUT2D eigenvalue weighted by molar-refractivity contribution is 6.30. The summed E-state index contributed by atoms with van der Waals surface area (Å²) in [5.41, 5.74) is 6.51. The molecule has 2 aromatic rings. The molecule has 0 spiro atoms. The first-order valence-corrected chi connectivity index (χ1v) is 5.30. The topological polar surface area (TPSA) is 59.0 Å². The summed E-state index contributed by atoms with van der Waals surface area (Å²) < 4.78 is 5.57. The van der Waals surface area contributed by atoms with Gasteiger partial charge in [-0.05, 0) is 36.4 Å². The molecule has 2 N–H and O–H groups in total. The number of rotatable bonds is 2. The molecule has 0 aliphatic rings. The van der Waals surface area contributed by atoms with Crippen molar-refractivity contribution in [3.63, 3.8) is 0 Å². The summed E-state index contributed by atoms with van der Waals surface area (Å²) in [7, 11) is 0. The van der Waals surface area contributed by atoms with Gasteiger partial charge >= 0.3 is 0 Å². The molecule has 0 saturated carbocycles. The highest BCUT2D eigenvalue weighted by atomic mass is 35.5. The van der Waals surface area contributed by atoms with Gasteiger partial charge in [0.15, 0.2) is 0 Å². The number of benzene rings is 2. The average molecular weight is 245 g/mol. The van der Waals surface area contributed by atoms with Gasteiger partial charge in [0.05, 0.1) is 5.56 Å². The van der Waals surface area contributed by atoms with E-state index in [0.717, 1.165) is 0 Å². The van der Waals surface area contributed by atoms with E-state index in [1.165, 1.54) is 0 Å². The quantitative estimate of drug-likeness (QED) is 0.822. The van der Waals surface area contributed by atoms with Crippen LogP contribution in [0.5, 0.6) is 11.5 Å². The minimum Gasteiger partial charge on any atom is -0.456 e. The smallest absolute Gasteiger partial charge is 0.145 e. The molecule has 0 fully saturated rings. The van der Waals surface area contributed by atoms with Gasteiger partial charge in [-0.3, -0.25) is 0 Å². The fourth-order valence-corrected chi connectivity index (χ4v) is 1.56. The SMILES string of the molecule is N#Cc1cc(N)ccc1Oc1cccc(Cl)c1. The first-order chi connectivity index (χ1) is 8.19. The van der Waals surface area contributed by atoms with Crippen molar-refractivity contribution in [2.75, 3.05) is 5.73 Å². The molecule has 0 aliphatic heterocycles. The van der Waals surface area contributed by atoms with Crippen LogP contribution in [0.3, 0.4) is 0 Å². The van der Waals surface area contributed by atoms with Crippen LogP contribution >= 0.6 is 11.6 Å². The molecule has 3 nitrogen and oxygen atoms in total. The minimum atomic E-state index is 0.393. The summed E-state index contributed by atoms with van der Waals surface area (Å²) >= 11 is 5.84. The van der Waals surface area contributed by atoms with E-state index in [4.69, 9.17) is 27.3 Å². The van der Waals surface area contributed by atoms with Crippen molar-refractivity contribution in [1.82, 2.24) is 0 Å². The van der Waals surface area contributed by atoms with Gasteiger partial charge in [-0.1, -0.05) is 17.7 Å². The first kappa shape index (κ1) is 11.3. The second-order valence-corrected chi connectivity index (χ2v) is 3.86. The monoisotopic (exact) mass is 244 g/mol. The summed E-state index contributed by atoms with van der Waals surface area (Å²) in [4.78, 5) is 0. The lowest BCUT2D eigenvalue weighted by Gasteiger charge is -2.07. The van der Waals surface area contributed by atoms with E-state index in [1.807, 2.05) is 6.07 Å². The predicted octanol–water partition coefficient (Wildman–Crippen LogP) is 3.59. The van der Waals surface area contributed by atoms with Gasteiger partial charge in [-0.25, -0.2) is 0 Å². The molecular weight excluding hydrogens is 236 g/mol. The van der Waals surface area contributed by atoms with Crippen LogP contribution in [0.25, 0.3) is 0 Å². The van der Waals surface area contributed by atoms with Gasteiger partial charge in [-0.2, -0.15) is 5.26 Å². The van der Waals surface area contributed by atoms with E-state index in [0.29, 0.717) is 27.8 Å². The van der Waals surface area contributed by atoms with Crippen molar-refractivity contribution in [2.45, 2.75) is 0 Å². The van der Waals surface area contributed by atoms with Gasteiger partial charge < -0.3 is 10.5 Å². The Kier molecular flexibility index (Phi) is 3.17. The van der Waals surface area contributed by atoms with E-state index in [1.54, 1.807) is 42.5 Å². The summed E-state index contributed by atoms with van der Waals surface area (Å²) in [6.07, 6.45) is 0. The largest absolute Gasteiger partial charge is 0.456 e. The number of anilines is 1. The Bertz CT molecular complexity index is 590. The zero-order valence-electron chi connectivity index (χ0n) is 8.85. The Balaban J connectivity index is 2.34. The molecule has 0 saturated heterocycles. The number of hydrogen-bond donors (Lipinski definition) is 1.